The first kappa shape index (κ1) is 14.7. The fourth-order valence-corrected chi connectivity index (χ4v) is 3.52. The number of pyridine rings is 1. The minimum absolute atomic E-state index is 0.128. The van der Waals surface area contributed by atoms with Crippen LogP contribution in [-0.2, 0) is 6.42 Å². The topological polar surface area (TPSA) is 110 Å². The van der Waals surface area contributed by atoms with Crippen LogP contribution in [-0.4, -0.2) is 33.0 Å². The summed E-state index contributed by atoms with van der Waals surface area (Å²) in [6.45, 7) is 4.19. The Balaban J connectivity index is 1.56. The minimum atomic E-state index is 0.128. The summed E-state index contributed by atoms with van der Waals surface area (Å²) in [4.78, 5) is 18.7. The van der Waals surface area contributed by atoms with E-state index in [1.54, 1.807) is 6.33 Å². The van der Waals surface area contributed by atoms with Gasteiger partial charge in [-0.2, -0.15) is 0 Å². The van der Waals surface area contributed by atoms with Crippen molar-refractivity contribution in [2.75, 3.05) is 29.5 Å². The van der Waals surface area contributed by atoms with Crippen LogP contribution in [0.25, 0.3) is 11.0 Å². The number of nitrogens with zero attached hydrogens (tertiary/aromatic N) is 4. The molecule has 0 aromatic carbocycles. The summed E-state index contributed by atoms with van der Waals surface area (Å²) in [5, 5.41) is 1.07. The molecule has 1 aliphatic rings. The predicted octanol–water partition coefficient (Wildman–Crippen LogP) is 1.98. The zero-order chi connectivity index (χ0) is 16.7. The average Bonchev–Trinajstić information content (AvgIpc) is 3.17. The van der Waals surface area contributed by atoms with E-state index < -0.39 is 0 Å². The summed E-state index contributed by atoms with van der Waals surface area (Å²) in [6.07, 6.45) is 5.47. The van der Waals surface area contributed by atoms with Gasteiger partial charge in [0.2, 0.25) is 0 Å². The second-order valence-corrected chi connectivity index (χ2v) is 6.87. The molecule has 4 heterocycles. The van der Waals surface area contributed by atoms with E-state index in [-0.39, 0.29) is 5.41 Å². The molecule has 3 aromatic heterocycles. The Kier molecular flexibility index (Phi) is 3.30. The third-order valence-electron chi connectivity index (χ3n) is 4.81. The maximum Gasteiger partial charge on any atom is 0.146 e. The van der Waals surface area contributed by atoms with Gasteiger partial charge in [-0.15, -0.1) is 0 Å². The molecule has 1 saturated heterocycles. The molecule has 1 fully saturated rings. The van der Waals surface area contributed by atoms with Crippen LogP contribution in [0.5, 0.6) is 0 Å². The van der Waals surface area contributed by atoms with Crippen molar-refractivity contribution >= 4 is 28.4 Å². The van der Waals surface area contributed by atoms with Gasteiger partial charge >= 0.3 is 0 Å². The zero-order valence-corrected chi connectivity index (χ0v) is 13.7. The Morgan fingerprint density at radius 2 is 2.12 bits per heavy atom. The number of hydrogen-bond acceptors (Lipinski definition) is 6. The van der Waals surface area contributed by atoms with Gasteiger partial charge in [-0.25, -0.2) is 15.0 Å². The molecule has 0 saturated carbocycles. The number of H-pyrrole nitrogens is 1. The quantitative estimate of drug-likeness (QED) is 0.680. The number of nitrogens with two attached hydrogens (primary N) is 2. The molecule has 1 aliphatic heterocycles. The molecule has 124 valence electrons. The predicted molar refractivity (Wildman–Crippen MR) is 95.6 cm³/mol. The summed E-state index contributed by atoms with van der Waals surface area (Å²) in [7, 11) is 0. The summed E-state index contributed by atoms with van der Waals surface area (Å²) in [6, 6.07) is 5.83. The number of aromatic amines is 1. The largest absolute Gasteiger partial charge is 0.396 e. The molecular weight excluding hydrogens is 302 g/mol. The van der Waals surface area contributed by atoms with Crippen molar-refractivity contribution in [3.8, 4) is 0 Å². The maximum atomic E-state index is 5.84. The SMILES string of the molecule is C[C@]1(Cc2ccc(N)c(N)n2)CCN(c2ncnc3[nH]ccc23)C1. The van der Waals surface area contributed by atoms with Crippen LogP contribution in [0.4, 0.5) is 17.3 Å². The minimum Gasteiger partial charge on any atom is -0.396 e. The zero-order valence-electron chi connectivity index (χ0n) is 13.7. The van der Waals surface area contributed by atoms with Crippen LogP contribution in [0, 0.1) is 5.41 Å². The van der Waals surface area contributed by atoms with Crippen molar-refractivity contribution < 1.29 is 0 Å². The highest BCUT2D eigenvalue weighted by Gasteiger charge is 2.35. The van der Waals surface area contributed by atoms with E-state index in [1.165, 1.54) is 0 Å². The van der Waals surface area contributed by atoms with Gasteiger partial charge in [0.15, 0.2) is 0 Å². The monoisotopic (exact) mass is 323 g/mol. The van der Waals surface area contributed by atoms with Crippen LogP contribution in [0.3, 0.4) is 0 Å². The number of nitrogens with one attached hydrogen (secondary N) is 1. The summed E-state index contributed by atoms with van der Waals surface area (Å²) < 4.78 is 0. The molecule has 0 bridgehead atoms. The van der Waals surface area contributed by atoms with E-state index in [4.69, 9.17) is 11.5 Å². The second-order valence-electron chi connectivity index (χ2n) is 6.87. The van der Waals surface area contributed by atoms with E-state index in [1.807, 2.05) is 24.4 Å². The lowest BCUT2D eigenvalue weighted by Crippen LogP contribution is -2.27. The molecule has 7 nitrogen and oxygen atoms in total. The number of anilines is 3. The van der Waals surface area contributed by atoms with Gasteiger partial charge in [0.05, 0.1) is 11.1 Å². The molecule has 0 radical (unpaired) electrons. The van der Waals surface area contributed by atoms with E-state index in [0.717, 1.165) is 48.5 Å². The van der Waals surface area contributed by atoms with E-state index in [0.29, 0.717) is 11.5 Å². The summed E-state index contributed by atoms with van der Waals surface area (Å²) >= 11 is 0. The Morgan fingerprint density at radius 1 is 1.25 bits per heavy atom. The van der Waals surface area contributed by atoms with Gasteiger partial charge in [-0.3, -0.25) is 0 Å². The molecular formula is C17H21N7. The number of rotatable bonds is 3. The van der Waals surface area contributed by atoms with Crippen molar-refractivity contribution in [1.29, 1.82) is 0 Å². The Bertz CT molecular complexity index is 888. The summed E-state index contributed by atoms with van der Waals surface area (Å²) in [5.74, 6) is 1.41. The second kappa shape index (κ2) is 5.36. The van der Waals surface area contributed by atoms with E-state index in [2.05, 4.69) is 31.8 Å². The van der Waals surface area contributed by atoms with Gasteiger partial charge in [0.25, 0.3) is 0 Å². The lowest BCUT2D eigenvalue weighted by molar-refractivity contribution is 0.363. The maximum absolute atomic E-state index is 5.84. The van der Waals surface area contributed by atoms with E-state index in [9.17, 15) is 0 Å². The highest BCUT2D eigenvalue weighted by atomic mass is 15.2. The number of aromatic nitrogens is 4. The third kappa shape index (κ3) is 2.51. The smallest absolute Gasteiger partial charge is 0.146 e. The van der Waals surface area contributed by atoms with Crippen LogP contribution in [0.1, 0.15) is 19.0 Å². The van der Waals surface area contributed by atoms with Crippen LogP contribution >= 0.6 is 0 Å². The Labute approximate surface area is 140 Å². The van der Waals surface area contributed by atoms with Gasteiger partial charge in [-0.1, -0.05) is 6.92 Å². The van der Waals surface area contributed by atoms with Crippen LogP contribution in [0.15, 0.2) is 30.7 Å². The van der Waals surface area contributed by atoms with Crippen molar-refractivity contribution in [3.63, 3.8) is 0 Å². The first-order valence-corrected chi connectivity index (χ1v) is 8.08. The summed E-state index contributed by atoms with van der Waals surface area (Å²) in [5.41, 5.74) is 14.1. The van der Waals surface area contributed by atoms with Gasteiger partial charge < -0.3 is 21.4 Å². The van der Waals surface area contributed by atoms with Crippen molar-refractivity contribution in [3.05, 3.63) is 36.4 Å². The Hall–Kier alpha value is -2.83. The van der Waals surface area contributed by atoms with E-state index >= 15 is 0 Å². The molecule has 0 spiro atoms. The molecule has 4 rings (SSSR count). The fraction of sp³-hybridized carbons (Fsp3) is 0.353. The number of fused-ring (bicyclic) bond motifs is 1. The fourth-order valence-electron chi connectivity index (χ4n) is 3.52. The first-order chi connectivity index (χ1) is 11.5. The highest BCUT2D eigenvalue weighted by molar-refractivity contribution is 5.87. The first-order valence-electron chi connectivity index (χ1n) is 8.08. The lowest BCUT2D eigenvalue weighted by Gasteiger charge is -2.25. The molecule has 1 atom stereocenters. The molecule has 0 amide bonds. The Morgan fingerprint density at radius 3 is 2.96 bits per heavy atom. The standard InChI is InChI=1S/C17H21N7/c1-17(8-11-2-3-13(18)14(19)23-11)5-7-24(9-17)16-12-4-6-20-15(12)21-10-22-16/h2-4,6,10H,5,7-9,18H2,1H3,(H2,19,23)(H,20,21,22)/t17-/m1/s1. The number of nitrogen functional groups attached to an aromatic ring is 2. The van der Waals surface area contributed by atoms with Gasteiger partial charge in [-0.05, 0) is 36.5 Å². The molecule has 24 heavy (non-hydrogen) atoms. The normalized spacial score (nSPS) is 20.8. The van der Waals surface area contributed by atoms with Gasteiger partial charge in [0, 0.05) is 25.0 Å². The average molecular weight is 323 g/mol. The lowest BCUT2D eigenvalue weighted by atomic mass is 9.84. The van der Waals surface area contributed by atoms with Gasteiger partial charge in [0.1, 0.15) is 23.6 Å². The van der Waals surface area contributed by atoms with Crippen molar-refractivity contribution in [2.45, 2.75) is 19.8 Å². The molecule has 0 aliphatic carbocycles. The molecule has 3 aromatic rings. The van der Waals surface area contributed by atoms with Crippen molar-refractivity contribution in [2.24, 2.45) is 5.41 Å². The molecule has 0 unspecified atom stereocenters. The van der Waals surface area contributed by atoms with Crippen LogP contribution < -0.4 is 16.4 Å². The van der Waals surface area contributed by atoms with Crippen molar-refractivity contribution in [1.82, 2.24) is 19.9 Å². The molecule has 5 N–H and O–H groups in total. The molecule has 7 heteroatoms. The van der Waals surface area contributed by atoms with Crippen LogP contribution in [0.2, 0.25) is 0 Å². The highest BCUT2D eigenvalue weighted by Crippen LogP contribution is 2.37. The third-order valence-corrected chi connectivity index (χ3v) is 4.81. The number of hydrogen-bond donors (Lipinski definition) is 3.